The maximum atomic E-state index is 12.9. The molecule has 2 rings (SSSR count). The van der Waals surface area contributed by atoms with Crippen molar-refractivity contribution in [3.8, 4) is 0 Å². The van der Waals surface area contributed by atoms with Crippen LogP contribution in [0, 0.1) is 0 Å². The lowest BCUT2D eigenvalue weighted by molar-refractivity contribution is -0.0447. The van der Waals surface area contributed by atoms with E-state index in [-0.39, 0.29) is 23.3 Å². The second-order valence-electron chi connectivity index (χ2n) is 4.36. The van der Waals surface area contributed by atoms with E-state index in [2.05, 4.69) is 4.98 Å². The third-order valence-corrected chi connectivity index (χ3v) is 3.09. The minimum atomic E-state index is -1.44. The Kier molecular flexibility index (Phi) is 4.02. The van der Waals surface area contributed by atoms with Gasteiger partial charge in [-0.05, 0) is 0 Å². The quantitative estimate of drug-likeness (QED) is 0.504. The molecule has 1 saturated heterocycles. The number of amides is 1. The van der Waals surface area contributed by atoms with Gasteiger partial charge in [0.15, 0.2) is 6.23 Å². The number of aliphatic hydroxyl groups is 2. The molecule has 9 nitrogen and oxygen atoms in total. The fourth-order valence-corrected chi connectivity index (χ4v) is 2.01. The molecular weight excluding hydrogens is 287 g/mol. The van der Waals surface area contributed by atoms with Gasteiger partial charge < -0.3 is 26.4 Å². The summed E-state index contributed by atoms with van der Waals surface area (Å²) in [5.74, 6) is -1.30. The van der Waals surface area contributed by atoms with Crippen molar-refractivity contribution in [1.82, 2.24) is 9.55 Å². The summed E-state index contributed by atoms with van der Waals surface area (Å²) < 4.78 is 18.9. The lowest BCUT2D eigenvalue weighted by Gasteiger charge is -2.16. The van der Waals surface area contributed by atoms with Crippen LogP contribution in [-0.2, 0) is 4.74 Å². The number of carbonyl (C=O) groups is 1. The summed E-state index contributed by atoms with van der Waals surface area (Å²) in [6.45, 7) is -0.588. The summed E-state index contributed by atoms with van der Waals surface area (Å²) in [5.41, 5.74) is 9.01. The number of hydrogen-bond donors (Lipinski definition) is 4. The van der Waals surface area contributed by atoms with E-state index in [9.17, 15) is 19.1 Å². The van der Waals surface area contributed by atoms with Gasteiger partial charge in [0.05, 0.1) is 18.5 Å². The number of anilines is 1. The van der Waals surface area contributed by atoms with Crippen molar-refractivity contribution in [3.63, 3.8) is 0 Å². The number of halogens is 1. The van der Waals surface area contributed by atoms with Crippen molar-refractivity contribution in [3.05, 3.63) is 34.1 Å². The van der Waals surface area contributed by atoms with E-state index in [4.69, 9.17) is 21.3 Å². The molecule has 0 radical (unpaired) electrons. The van der Waals surface area contributed by atoms with Crippen molar-refractivity contribution in [2.24, 2.45) is 5.73 Å². The van der Waals surface area contributed by atoms with E-state index in [1.54, 1.807) is 0 Å². The van der Waals surface area contributed by atoms with Gasteiger partial charge >= 0.3 is 5.69 Å². The number of hydrogen-bond acceptors (Lipinski definition) is 7. The van der Waals surface area contributed by atoms with E-state index >= 15 is 0 Å². The van der Waals surface area contributed by atoms with E-state index in [1.807, 2.05) is 0 Å². The minimum Gasteiger partial charge on any atom is -0.394 e. The first-order valence-corrected chi connectivity index (χ1v) is 5.83. The maximum Gasteiger partial charge on any atom is 0.351 e. The summed E-state index contributed by atoms with van der Waals surface area (Å²) in [7, 11) is 0. The molecule has 0 aliphatic carbocycles. The molecular formula is C11H13FN4O5. The van der Waals surface area contributed by atoms with Crippen molar-refractivity contribution < 1.29 is 24.1 Å². The maximum absolute atomic E-state index is 12.9. The van der Waals surface area contributed by atoms with Crippen LogP contribution >= 0.6 is 0 Å². The highest BCUT2D eigenvalue weighted by molar-refractivity contribution is 5.96. The molecule has 1 amide bonds. The Bertz CT molecular complexity index is 659. The zero-order valence-corrected chi connectivity index (χ0v) is 10.6. The number of aromatic nitrogens is 2. The molecule has 1 aromatic heterocycles. The summed E-state index contributed by atoms with van der Waals surface area (Å²) in [5, 5.41) is 18.8. The Morgan fingerprint density at radius 1 is 1.62 bits per heavy atom. The van der Waals surface area contributed by atoms with Gasteiger partial charge in [-0.1, -0.05) is 0 Å². The number of nitrogens with two attached hydrogens (primary N) is 2. The van der Waals surface area contributed by atoms with Gasteiger partial charge in [-0.25, -0.2) is 9.18 Å². The molecule has 3 unspecified atom stereocenters. The smallest absolute Gasteiger partial charge is 0.351 e. The first kappa shape index (κ1) is 15.1. The van der Waals surface area contributed by atoms with Gasteiger partial charge in [0, 0.05) is 11.8 Å². The molecule has 0 bridgehead atoms. The number of nitrogen functional groups attached to an aromatic ring is 1. The second-order valence-corrected chi connectivity index (χ2v) is 4.36. The lowest BCUT2D eigenvalue weighted by atomic mass is 10.1. The monoisotopic (exact) mass is 300 g/mol. The molecule has 0 aromatic carbocycles. The predicted octanol–water partition coefficient (Wildman–Crippen LogP) is -1.97. The Morgan fingerprint density at radius 2 is 2.29 bits per heavy atom. The van der Waals surface area contributed by atoms with Gasteiger partial charge in [-0.2, -0.15) is 4.98 Å². The summed E-state index contributed by atoms with van der Waals surface area (Å²) in [4.78, 5) is 26.4. The van der Waals surface area contributed by atoms with Crippen molar-refractivity contribution in [2.75, 3.05) is 12.3 Å². The van der Waals surface area contributed by atoms with Gasteiger partial charge in [0.2, 0.25) is 0 Å². The van der Waals surface area contributed by atoms with Gasteiger partial charge in [0.1, 0.15) is 18.0 Å². The normalized spacial score (nSPS) is 27.2. The zero-order valence-electron chi connectivity index (χ0n) is 10.6. The first-order valence-electron chi connectivity index (χ1n) is 5.83. The van der Waals surface area contributed by atoms with Crippen molar-refractivity contribution in [1.29, 1.82) is 0 Å². The van der Waals surface area contributed by atoms with E-state index < -0.39 is 36.6 Å². The summed E-state index contributed by atoms with van der Waals surface area (Å²) in [6, 6.07) is 0. The molecule has 3 atom stereocenters. The fraction of sp³-hybridized carbons (Fsp3) is 0.364. The molecule has 10 heteroatoms. The van der Waals surface area contributed by atoms with Crippen LogP contribution < -0.4 is 17.2 Å². The standard InChI is InChI=1S/C11H13FN4O5/c12-1-4-7(18)6(3-17)21-10(4)16-2-5(9(14)19)8(13)15-11(16)20/h1-2,6-7,10,17-18H,3H2,(H2,14,19)(H2,13,15,20)/b4-1+. The molecule has 114 valence electrons. The Balaban J connectivity index is 2.54. The average Bonchev–Trinajstić information content (AvgIpc) is 2.74. The SMILES string of the molecule is NC(=O)c1cn(C2OC(CO)C(O)/C2=C\F)c(=O)nc1N. The van der Waals surface area contributed by atoms with Crippen molar-refractivity contribution >= 4 is 11.7 Å². The number of ether oxygens (including phenoxy) is 1. The number of aliphatic hydroxyl groups excluding tert-OH is 2. The van der Waals surface area contributed by atoms with Gasteiger partial charge in [-0.3, -0.25) is 9.36 Å². The highest BCUT2D eigenvalue weighted by Gasteiger charge is 2.40. The molecule has 1 aromatic rings. The van der Waals surface area contributed by atoms with E-state index in [1.165, 1.54) is 0 Å². The number of nitrogens with zero attached hydrogens (tertiary/aromatic N) is 2. The molecule has 6 N–H and O–H groups in total. The third kappa shape index (κ3) is 2.51. The first-order chi connectivity index (χ1) is 9.90. The molecule has 1 aliphatic rings. The van der Waals surface area contributed by atoms with Crippen LogP contribution in [-0.4, -0.2) is 44.5 Å². The molecule has 0 saturated carbocycles. The fourth-order valence-electron chi connectivity index (χ4n) is 2.01. The molecule has 0 spiro atoms. The molecule has 2 heterocycles. The third-order valence-electron chi connectivity index (χ3n) is 3.09. The average molecular weight is 300 g/mol. The van der Waals surface area contributed by atoms with Crippen LogP contribution in [0.1, 0.15) is 16.6 Å². The van der Waals surface area contributed by atoms with Gasteiger partial charge in [0.25, 0.3) is 5.91 Å². The van der Waals surface area contributed by atoms with E-state index in [0.717, 1.165) is 10.8 Å². The van der Waals surface area contributed by atoms with Gasteiger partial charge in [-0.15, -0.1) is 0 Å². The lowest BCUT2D eigenvalue weighted by Crippen LogP contribution is -2.31. The largest absolute Gasteiger partial charge is 0.394 e. The summed E-state index contributed by atoms with van der Waals surface area (Å²) in [6.07, 6.45) is -2.88. The molecule has 1 aliphatic heterocycles. The van der Waals surface area contributed by atoms with Crippen LogP contribution in [0.5, 0.6) is 0 Å². The highest BCUT2D eigenvalue weighted by atomic mass is 19.1. The molecule has 21 heavy (non-hydrogen) atoms. The zero-order chi connectivity index (χ0) is 15.7. The predicted molar refractivity (Wildman–Crippen MR) is 67.6 cm³/mol. The topological polar surface area (TPSA) is 154 Å². The van der Waals surface area contributed by atoms with Crippen LogP contribution in [0.3, 0.4) is 0 Å². The summed E-state index contributed by atoms with van der Waals surface area (Å²) >= 11 is 0. The van der Waals surface area contributed by atoms with Crippen LogP contribution in [0.25, 0.3) is 0 Å². The number of primary amides is 1. The number of carbonyl (C=O) groups excluding carboxylic acids is 1. The van der Waals surface area contributed by atoms with E-state index in [0.29, 0.717) is 0 Å². The molecule has 1 fully saturated rings. The highest BCUT2D eigenvalue weighted by Crippen LogP contribution is 2.33. The second kappa shape index (κ2) is 5.60. The Hall–Kier alpha value is -2.30. The van der Waals surface area contributed by atoms with Crippen LogP contribution in [0.4, 0.5) is 10.2 Å². The Labute approximate surface area is 117 Å². The number of rotatable bonds is 3. The van der Waals surface area contributed by atoms with Crippen LogP contribution in [0.2, 0.25) is 0 Å². The van der Waals surface area contributed by atoms with Crippen LogP contribution in [0.15, 0.2) is 22.9 Å². The van der Waals surface area contributed by atoms with Crippen molar-refractivity contribution in [2.45, 2.75) is 18.4 Å². The minimum absolute atomic E-state index is 0.0672. The Morgan fingerprint density at radius 3 is 2.81 bits per heavy atom.